The molecule has 20 heavy (non-hydrogen) atoms. The molecule has 1 aromatic carbocycles. The number of rotatable bonds is 5. The molecule has 5 heteroatoms. The molecular formula is C15H23ClN2O2. The van der Waals surface area contributed by atoms with Crippen molar-refractivity contribution in [2.24, 2.45) is 5.92 Å². The monoisotopic (exact) mass is 298 g/mol. The number of hydrogen-bond acceptors (Lipinski definition) is 3. The van der Waals surface area contributed by atoms with Gasteiger partial charge in [-0.1, -0.05) is 6.07 Å². The van der Waals surface area contributed by atoms with Crippen LogP contribution in [0.2, 0.25) is 0 Å². The Morgan fingerprint density at radius 2 is 2.30 bits per heavy atom. The van der Waals surface area contributed by atoms with Crippen molar-refractivity contribution in [1.82, 2.24) is 10.2 Å². The van der Waals surface area contributed by atoms with E-state index in [4.69, 9.17) is 4.74 Å². The number of carbonyl (C=O) groups is 1. The Balaban J connectivity index is 0.00000200. The molecule has 1 aliphatic rings. The highest BCUT2D eigenvalue weighted by Crippen LogP contribution is 2.20. The van der Waals surface area contributed by atoms with Crippen molar-refractivity contribution in [3.8, 4) is 5.75 Å². The van der Waals surface area contributed by atoms with Gasteiger partial charge in [-0.3, -0.25) is 4.79 Å². The number of benzene rings is 1. The second-order valence-corrected chi connectivity index (χ2v) is 4.92. The minimum absolute atomic E-state index is 0. The number of likely N-dealkylation sites (tertiary alicyclic amines) is 1. The number of halogens is 1. The maximum Gasteiger partial charge on any atom is 0.253 e. The predicted molar refractivity (Wildman–Crippen MR) is 82.8 cm³/mol. The van der Waals surface area contributed by atoms with Crippen LogP contribution in [-0.4, -0.2) is 44.1 Å². The molecule has 0 radical (unpaired) electrons. The molecule has 4 nitrogen and oxygen atoms in total. The molecule has 1 fully saturated rings. The topological polar surface area (TPSA) is 41.6 Å². The Morgan fingerprint density at radius 1 is 1.50 bits per heavy atom. The van der Waals surface area contributed by atoms with Crippen molar-refractivity contribution in [3.05, 3.63) is 29.8 Å². The second kappa shape index (κ2) is 8.12. The van der Waals surface area contributed by atoms with Crippen LogP contribution in [0, 0.1) is 5.92 Å². The van der Waals surface area contributed by atoms with Gasteiger partial charge in [0.05, 0.1) is 6.61 Å². The lowest BCUT2D eigenvalue weighted by Crippen LogP contribution is -2.30. The van der Waals surface area contributed by atoms with E-state index in [1.165, 1.54) is 0 Å². The standard InChI is InChI=1S/C15H22N2O2.ClH/c1-3-19-14-6-4-5-13(9-14)15(18)17-8-7-12(11-17)10-16-2;/h4-6,9,12,16H,3,7-8,10-11H2,1-2H3;1H. The third-order valence-electron chi connectivity index (χ3n) is 3.46. The first-order valence-electron chi connectivity index (χ1n) is 6.91. The quantitative estimate of drug-likeness (QED) is 0.906. The van der Waals surface area contributed by atoms with Gasteiger partial charge >= 0.3 is 0 Å². The molecule has 1 N–H and O–H groups in total. The Bertz CT molecular complexity index is 440. The van der Waals surface area contributed by atoms with Crippen molar-refractivity contribution in [3.63, 3.8) is 0 Å². The molecule has 0 spiro atoms. The summed E-state index contributed by atoms with van der Waals surface area (Å²) in [6, 6.07) is 7.45. The van der Waals surface area contributed by atoms with Gasteiger partial charge in [-0.25, -0.2) is 0 Å². The highest BCUT2D eigenvalue weighted by molar-refractivity contribution is 5.94. The summed E-state index contributed by atoms with van der Waals surface area (Å²) >= 11 is 0. The van der Waals surface area contributed by atoms with Crippen LogP contribution in [0.1, 0.15) is 23.7 Å². The van der Waals surface area contributed by atoms with E-state index in [9.17, 15) is 4.79 Å². The van der Waals surface area contributed by atoms with Crippen molar-refractivity contribution in [2.75, 3.05) is 33.3 Å². The van der Waals surface area contributed by atoms with E-state index in [1.54, 1.807) is 0 Å². The summed E-state index contributed by atoms with van der Waals surface area (Å²) in [5.41, 5.74) is 0.719. The Labute approximate surface area is 126 Å². The van der Waals surface area contributed by atoms with Crippen LogP contribution in [0.3, 0.4) is 0 Å². The molecule has 0 aromatic heterocycles. The summed E-state index contributed by atoms with van der Waals surface area (Å²) in [6.45, 7) is 5.23. The number of nitrogens with zero attached hydrogens (tertiary/aromatic N) is 1. The van der Waals surface area contributed by atoms with E-state index in [-0.39, 0.29) is 18.3 Å². The average Bonchev–Trinajstić information content (AvgIpc) is 2.88. The van der Waals surface area contributed by atoms with Crippen molar-refractivity contribution < 1.29 is 9.53 Å². The van der Waals surface area contributed by atoms with Crippen LogP contribution in [0.25, 0.3) is 0 Å². The maximum atomic E-state index is 12.4. The lowest BCUT2D eigenvalue weighted by atomic mass is 10.1. The highest BCUT2D eigenvalue weighted by atomic mass is 35.5. The SMILES string of the molecule is CCOc1cccc(C(=O)N2CCC(CNC)C2)c1.Cl. The van der Waals surface area contributed by atoms with E-state index < -0.39 is 0 Å². The first kappa shape index (κ1) is 16.8. The smallest absolute Gasteiger partial charge is 0.253 e. The van der Waals surface area contributed by atoms with Gasteiger partial charge in [-0.2, -0.15) is 0 Å². The first-order valence-corrected chi connectivity index (χ1v) is 6.91. The van der Waals surface area contributed by atoms with Crippen LogP contribution >= 0.6 is 12.4 Å². The van der Waals surface area contributed by atoms with Gasteiger partial charge in [0.2, 0.25) is 0 Å². The molecule has 1 aliphatic heterocycles. The molecule has 1 aromatic rings. The van der Waals surface area contributed by atoms with Crippen LogP contribution in [-0.2, 0) is 0 Å². The number of hydrogen-bond donors (Lipinski definition) is 1. The zero-order valence-corrected chi connectivity index (χ0v) is 12.9. The molecule has 2 rings (SSSR count). The lowest BCUT2D eigenvalue weighted by molar-refractivity contribution is 0.0786. The molecule has 1 saturated heterocycles. The average molecular weight is 299 g/mol. The number of amides is 1. The normalized spacial score (nSPS) is 17.7. The zero-order chi connectivity index (χ0) is 13.7. The molecule has 112 valence electrons. The molecular weight excluding hydrogens is 276 g/mol. The summed E-state index contributed by atoms with van der Waals surface area (Å²) in [7, 11) is 1.95. The fraction of sp³-hybridized carbons (Fsp3) is 0.533. The summed E-state index contributed by atoms with van der Waals surface area (Å²) < 4.78 is 5.44. The van der Waals surface area contributed by atoms with E-state index in [1.807, 2.05) is 43.1 Å². The van der Waals surface area contributed by atoms with Crippen molar-refractivity contribution in [2.45, 2.75) is 13.3 Å². The van der Waals surface area contributed by atoms with E-state index in [2.05, 4.69) is 5.32 Å². The molecule has 1 unspecified atom stereocenters. The molecule has 1 atom stereocenters. The van der Waals surface area contributed by atoms with Gasteiger partial charge in [0, 0.05) is 18.7 Å². The van der Waals surface area contributed by atoms with Crippen LogP contribution in [0.4, 0.5) is 0 Å². The number of carbonyl (C=O) groups excluding carboxylic acids is 1. The Kier molecular flexibility index (Phi) is 6.82. The van der Waals surface area contributed by atoms with Crippen LogP contribution < -0.4 is 10.1 Å². The van der Waals surface area contributed by atoms with Gasteiger partial charge in [-0.15, -0.1) is 12.4 Å². The van der Waals surface area contributed by atoms with Crippen LogP contribution in [0.5, 0.6) is 5.75 Å². The number of nitrogens with one attached hydrogen (secondary N) is 1. The highest BCUT2D eigenvalue weighted by Gasteiger charge is 2.26. The van der Waals surface area contributed by atoms with E-state index in [0.29, 0.717) is 12.5 Å². The largest absolute Gasteiger partial charge is 0.494 e. The third kappa shape index (κ3) is 4.12. The fourth-order valence-electron chi connectivity index (χ4n) is 2.54. The minimum Gasteiger partial charge on any atom is -0.494 e. The molecule has 0 aliphatic carbocycles. The van der Waals surface area contributed by atoms with Gasteiger partial charge in [0.25, 0.3) is 5.91 Å². The molecule has 0 bridgehead atoms. The van der Waals surface area contributed by atoms with Crippen molar-refractivity contribution in [1.29, 1.82) is 0 Å². The molecule has 0 saturated carbocycles. The van der Waals surface area contributed by atoms with Crippen molar-refractivity contribution >= 4 is 18.3 Å². The predicted octanol–water partition coefficient (Wildman–Crippen LogP) is 2.19. The van der Waals surface area contributed by atoms with E-state index in [0.717, 1.165) is 37.4 Å². The summed E-state index contributed by atoms with van der Waals surface area (Å²) in [5.74, 6) is 1.45. The molecule has 1 amide bonds. The van der Waals surface area contributed by atoms with E-state index >= 15 is 0 Å². The lowest BCUT2D eigenvalue weighted by Gasteiger charge is -2.17. The van der Waals surface area contributed by atoms with Crippen LogP contribution in [0.15, 0.2) is 24.3 Å². The summed E-state index contributed by atoms with van der Waals surface area (Å²) in [6.07, 6.45) is 1.08. The van der Waals surface area contributed by atoms with Gasteiger partial charge in [-0.05, 0) is 51.1 Å². The van der Waals surface area contributed by atoms with Gasteiger partial charge < -0.3 is 15.0 Å². The Morgan fingerprint density at radius 3 is 3.00 bits per heavy atom. The summed E-state index contributed by atoms with van der Waals surface area (Å²) in [5, 5.41) is 3.18. The third-order valence-corrected chi connectivity index (χ3v) is 3.46. The summed E-state index contributed by atoms with van der Waals surface area (Å²) in [4.78, 5) is 14.3. The first-order chi connectivity index (χ1) is 9.24. The maximum absolute atomic E-state index is 12.4. The van der Waals surface area contributed by atoms with Gasteiger partial charge in [0.1, 0.15) is 5.75 Å². The second-order valence-electron chi connectivity index (χ2n) is 4.92. The Hall–Kier alpha value is -1.26. The molecule has 1 heterocycles. The van der Waals surface area contributed by atoms with Gasteiger partial charge in [0.15, 0.2) is 0 Å². The zero-order valence-electron chi connectivity index (χ0n) is 12.1. The minimum atomic E-state index is 0. The fourth-order valence-corrected chi connectivity index (χ4v) is 2.54. The number of ether oxygens (including phenoxy) is 1.